The Labute approximate surface area is 115 Å². The largest absolute Gasteiger partial charge is 0.306 e. The fourth-order valence-electron chi connectivity index (χ4n) is 1.98. The smallest absolute Gasteiger partial charge is 0.252 e. The number of benzene rings is 1. The minimum atomic E-state index is -1.93. The summed E-state index contributed by atoms with van der Waals surface area (Å²) in [5.41, 5.74) is 3.03. The Kier molecular flexibility index (Phi) is 5.50. The molecule has 0 aliphatic heterocycles. The van der Waals surface area contributed by atoms with Gasteiger partial charge in [-0.1, -0.05) is 26.8 Å². The molecule has 0 aliphatic rings. The van der Waals surface area contributed by atoms with Gasteiger partial charge in [0.25, 0.3) is 5.24 Å². The van der Waals surface area contributed by atoms with Crippen LogP contribution in [0.5, 0.6) is 0 Å². The molecule has 0 aliphatic carbocycles. The molecular formula is C13H17ClO3S. The molecule has 0 aromatic heterocycles. The Bertz CT molecular complexity index is 483. The first-order valence-electron chi connectivity index (χ1n) is 5.79. The Morgan fingerprint density at radius 1 is 1.39 bits per heavy atom. The summed E-state index contributed by atoms with van der Waals surface area (Å²) in [6, 6.07) is 3.57. The van der Waals surface area contributed by atoms with E-state index in [0.29, 0.717) is 17.5 Å². The van der Waals surface area contributed by atoms with Gasteiger partial charge in [-0.15, -0.1) is 0 Å². The van der Waals surface area contributed by atoms with Gasteiger partial charge in [-0.2, -0.15) is 0 Å². The highest BCUT2D eigenvalue weighted by Crippen LogP contribution is 2.26. The van der Waals surface area contributed by atoms with Crippen molar-refractivity contribution in [3.8, 4) is 0 Å². The van der Waals surface area contributed by atoms with Crippen molar-refractivity contribution in [3.05, 3.63) is 34.4 Å². The minimum Gasteiger partial charge on any atom is -0.306 e. The molecule has 100 valence electrons. The molecule has 0 radical (unpaired) electrons. The lowest BCUT2D eigenvalue weighted by Crippen LogP contribution is -2.06. The summed E-state index contributed by atoms with van der Waals surface area (Å²) >= 11 is 3.62. The normalized spacial score (nSPS) is 12.8. The van der Waals surface area contributed by atoms with Crippen LogP contribution in [-0.4, -0.2) is 14.0 Å². The molecule has 0 saturated heterocycles. The average molecular weight is 289 g/mol. The second-order valence-electron chi connectivity index (χ2n) is 4.46. The van der Waals surface area contributed by atoms with Crippen molar-refractivity contribution in [2.45, 2.75) is 38.9 Å². The summed E-state index contributed by atoms with van der Waals surface area (Å²) in [6.45, 7) is 5.98. The number of rotatable bonds is 5. The monoisotopic (exact) mass is 288 g/mol. The van der Waals surface area contributed by atoms with Gasteiger partial charge in [0.05, 0.1) is 5.75 Å². The second-order valence-corrected chi connectivity index (χ2v) is 5.73. The molecular weight excluding hydrogens is 272 g/mol. The Hall–Kier alpha value is -0.710. The highest BCUT2D eigenvalue weighted by atomic mass is 35.5. The minimum absolute atomic E-state index is 0.0225. The van der Waals surface area contributed by atoms with Gasteiger partial charge in [-0.25, -0.2) is 4.21 Å². The van der Waals surface area contributed by atoms with E-state index in [2.05, 4.69) is 0 Å². The van der Waals surface area contributed by atoms with Crippen molar-refractivity contribution >= 4 is 27.9 Å². The number of hydrogen-bond acceptors (Lipinski definition) is 2. The number of hydrogen-bond donors (Lipinski definition) is 1. The fourth-order valence-corrected chi connectivity index (χ4v) is 2.67. The van der Waals surface area contributed by atoms with E-state index in [-0.39, 0.29) is 11.7 Å². The van der Waals surface area contributed by atoms with Gasteiger partial charge in [0.1, 0.15) is 0 Å². The van der Waals surface area contributed by atoms with Crippen LogP contribution in [0.1, 0.15) is 53.7 Å². The maximum absolute atomic E-state index is 11.4. The van der Waals surface area contributed by atoms with Crippen molar-refractivity contribution in [2.75, 3.05) is 0 Å². The average Bonchev–Trinajstić information content (AvgIpc) is 2.27. The second kappa shape index (κ2) is 6.45. The van der Waals surface area contributed by atoms with Crippen molar-refractivity contribution in [1.82, 2.24) is 0 Å². The molecule has 1 aromatic rings. The Balaban J connectivity index is 3.41. The number of aryl methyl sites for hydroxylation is 1. The van der Waals surface area contributed by atoms with Gasteiger partial charge in [0, 0.05) is 5.56 Å². The quantitative estimate of drug-likeness (QED) is 0.667. The predicted molar refractivity (Wildman–Crippen MR) is 74.6 cm³/mol. The van der Waals surface area contributed by atoms with Crippen LogP contribution in [0.3, 0.4) is 0 Å². The molecule has 0 fully saturated rings. The van der Waals surface area contributed by atoms with E-state index in [0.717, 1.165) is 11.1 Å². The molecule has 18 heavy (non-hydrogen) atoms. The summed E-state index contributed by atoms with van der Waals surface area (Å²) in [4.78, 5) is 11.4. The molecule has 0 heterocycles. The van der Waals surface area contributed by atoms with Gasteiger partial charge in [0.15, 0.2) is 11.1 Å². The Morgan fingerprint density at radius 3 is 2.39 bits per heavy atom. The predicted octanol–water partition coefficient (Wildman–Crippen LogP) is 3.47. The topological polar surface area (TPSA) is 54.4 Å². The van der Waals surface area contributed by atoms with E-state index >= 15 is 0 Å². The van der Waals surface area contributed by atoms with Crippen LogP contribution in [-0.2, 0) is 23.3 Å². The van der Waals surface area contributed by atoms with Crippen LogP contribution in [0.25, 0.3) is 0 Å². The van der Waals surface area contributed by atoms with Crippen molar-refractivity contribution in [1.29, 1.82) is 0 Å². The van der Waals surface area contributed by atoms with Gasteiger partial charge in [-0.3, -0.25) is 4.79 Å². The molecule has 5 heteroatoms. The first-order chi connectivity index (χ1) is 8.36. The molecule has 1 aromatic carbocycles. The number of carbonyl (C=O) groups excluding carboxylic acids is 1. The third-order valence-electron chi connectivity index (χ3n) is 2.86. The highest BCUT2D eigenvalue weighted by molar-refractivity contribution is 7.78. The van der Waals surface area contributed by atoms with Gasteiger partial charge < -0.3 is 4.55 Å². The van der Waals surface area contributed by atoms with Crippen molar-refractivity contribution in [2.24, 2.45) is 0 Å². The molecule has 0 saturated carbocycles. The van der Waals surface area contributed by atoms with Crippen LogP contribution < -0.4 is 0 Å². The standard InChI is InChI=1S/C13H17ClO3S/c1-4-9-5-11(8(2)3)10(7-18(16)17)6-12(9)13(14)15/h5-6,8H,4,7H2,1-3H3,(H,16,17). The van der Waals surface area contributed by atoms with Crippen LogP contribution in [0.4, 0.5) is 0 Å². The van der Waals surface area contributed by atoms with E-state index in [4.69, 9.17) is 16.2 Å². The van der Waals surface area contributed by atoms with E-state index in [1.807, 2.05) is 26.8 Å². The van der Waals surface area contributed by atoms with Crippen LogP contribution in [0.2, 0.25) is 0 Å². The molecule has 0 amide bonds. The number of carbonyl (C=O) groups is 1. The molecule has 1 N–H and O–H groups in total. The fraction of sp³-hybridized carbons (Fsp3) is 0.462. The summed E-state index contributed by atoms with van der Waals surface area (Å²) in [7, 11) is 0. The maximum atomic E-state index is 11.4. The Morgan fingerprint density at radius 2 is 2.00 bits per heavy atom. The lowest BCUT2D eigenvalue weighted by molar-refractivity contribution is 0.108. The zero-order chi connectivity index (χ0) is 13.9. The highest BCUT2D eigenvalue weighted by Gasteiger charge is 2.16. The van der Waals surface area contributed by atoms with Crippen molar-refractivity contribution in [3.63, 3.8) is 0 Å². The van der Waals surface area contributed by atoms with Crippen molar-refractivity contribution < 1.29 is 13.6 Å². The number of halogens is 1. The first-order valence-corrected chi connectivity index (χ1v) is 7.45. The van der Waals surface area contributed by atoms with Crippen LogP contribution in [0.15, 0.2) is 12.1 Å². The molecule has 1 atom stereocenters. The van der Waals surface area contributed by atoms with E-state index < -0.39 is 16.3 Å². The van der Waals surface area contributed by atoms with Crippen LogP contribution in [0, 0.1) is 0 Å². The van der Waals surface area contributed by atoms with Gasteiger partial charge >= 0.3 is 0 Å². The zero-order valence-electron chi connectivity index (χ0n) is 10.7. The van der Waals surface area contributed by atoms with Gasteiger partial charge in [-0.05, 0) is 46.7 Å². The molecule has 1 unspecified atom stereocenters. The summed E-state index contributed by atoms with van der Waals surface area (Å²) in [5.74, 6) is 0.252. The lowest BCUT2D eigenvalue weighted by Gasteiger charge is -2.15. The van der Waals surface area contributed by atoms with E-state index in [9.17, 15) is 9.00 Å². The summed E-state index contributed by atoms with van der Waals surface area (Å²) < 4.78 is 20.0. The molecule has 0 spiro atoms. The summed E-state index contributed by atoms with van der Waals surface area (Å²) in [5, 5.41) is -0.521. The van der Waals surface area contributed by atoms with Crippen LogP contribution >= 0.6 is 11.6 Å². The zero-order valence-corrected chi connectivity index (χ0v) is 12.3. The first kappa shape index (κ1) is 15.3. The van der Waals surface area contributed by atoms with Gasteiger partial charge in [0.2, 0.25) is 0 Å². The third-order valence-corrected chi connectivity index (χ3v) is 3.62. The molecule has 3 nitrogen and oxygen atoms in total. The SMILES string of the molecule is CCc1cc(C(C)C)c(CS(=O)O)cc1C(=O)Cl. The lowest BCUT2D eigenvalue weighted by atomic mass is 9.92. The van der Waals surface area contributed by atoms with E-state index in [1.165, 1.54) is 0 Å². The maximum Gasteiger partial charge on any atom is 0.252 e. The molecule has 0 bridgehead atoms. The van der Waals surface area contributed by atoms with E-state index in [1.54, 1.807) is 6.07 Å². The molecule has 1 rings (SSSR count). The third kappa shape index (κ3) is 3.64. The summed E-state index contributed by atoms with van der Waals surface area (Å²) in [6.07, 6.45) is 0.704.